The van der Waals surface area contributed by atoms with Crippen LogP contribution in [0.3, 0.4) is 0 Å². The van der Waals surface area contributed by atoms with Gasteiger partial charge in [0, 0.05) is 20.0 Å². The predicted molar refractivity (Wildman–Crippen MR) is 71.9 cm³/mol. The van der Waals surface area contributed by atoms with Crippen molar-refractivity contribution in [1.29, 1.82) is 0 Å². The van der Waals surface area contributed by atoms with Crippen LogP contribution in [-0.2, 0) is 13.5 Å². The summed E-state index contributed by atoms with van der Waals surface area (Å²) < 4.78 is 1.72. The van der Waals surface area contributed by atoms with E-state index in [4.69, 9.17) is 12.2 Å². The van der Waals surface area contributed by atoms with Crippen molar-refractivity contribution in [1.82, 2.24) is 25.5 Å². The van der Waals surface area contributed by atoms with E-state index in [-0.39, 0.29) is 0 Å². The number of rotatable bonds is 8. The first-order valence-electron chi connectivity index (χ1n) is 6.22. The molecule has 6 heteroatoms. The molecule has 0 aromatic carbocycles. The fourth-order valence-electron chi connectivity index (χ4n) is 1.52. The van der Waals surface area contributed by atoms with Gasteiger partial charge in [-0.3, -0.25) is 0 Å². The van der Waals surface area contributed by atoms with Crippen LogP contribution in [0.4, 0.5) is 0 Å². The molecule has 17 heavy (non-hydrogen) atoms. The second-order valence-corrected chi connectivity index (χ2v) is 4.62. The van der Waals surface area contributed by atoms with Gasteiger partial charge >= 0.3 is 0 Å². The minimum Gasteiger partial charge on any atom is -0.380 e. The lowest BCUT2D eigenvalue weighted by atomic mass is 10.2. The summed E-state index contributed by atoms with van der Waals surface area (Å²) in [5.41, 5.74) is 0. The Hall–Kier alpha value is -1.04. The number of nitrogens with one attached hydrogen (secondary N) is 1. The van der Waals surface area contributed by atoms with Gasteiger partial charge in [0.25, 0.3) is 0 Å². The number of aryl methyl sites for hydroxylation is 2. The lowest BCUT2D eigenvalue weighted by molar-refractivity contribution is 0.645. The zero-order chi connectivity index (χ0) is 12.5. The monoisotopic (exact) mass is 255 g/mol. The number of unbranched alkanes of at least 4 members (excludes halogenated alkanes) is 2. The predicted octanol–water partition coefficient (Wildman–Crippen LogP) is 1.64. The quantitative estimate of drug-likeness (QED) is 0.565. The molecule has 0 bridgehead atoms. The first-order valence-corrected chi connectivity index (χ1v) is 6.62. The van der Waals surface area contributed by atoms with Gasteiger partial charge in [-0.15, -0.1) is 5.10 Å². The Kier molecular flexibility index (Phi) is 6.69. The third kappa shape index (κ3) is 5.72. The molecule has 96 valence electrons. The van der Waals surface area contributed by atoms with Crippen molar-refractivity contribution in [3.63, 3.8) is 0 Å². The molecule has 0 aliphatic rings. The summed E-state index contributed by atoms with van der Waals surface area (Å²) in [6.45, 7) is 3.18. The third-order valence-electron chi connectivity index (χ3n) is 2.61. The fraction of sp³-hybridized carbons (Fsp3) is 0.818. The Balaban J connectivity index is 2.04. The van der Waals surface area contributed by atoms with Crippen LogP contribution >= 0.6 is 12.2 Å². The summed E-state index contributed by atoms with van der Waals surface area (Å²) in [7, 11) is 1.87. The van der Waals surface area contributed by atoms with Gasteiger partial charge in [0.1, 0.15) is 0 Å². The summed E-state index contributed by atoms with van der Waals surface area (Å²) in [5, 5.41) is 14.6. The highest BCUT2D eigenvalue weighted by Gasteiger charge is 2.02. The Labute approximate surface area is 108 Å². The van der Waals surface area contributed by atoms with Gasteiger partial charge < -0.3 is 5.32 Å². The van der Waals surface area contributed by atoms with E-state index in [0.29, 0.717) is 0 Å². The summed E-state index contributed by atoms with van der Waals surface area (Å²) in [4.78, 5) is 0.981. The van der Waals surface area contributed by atoms with Crippen LogP contribution in [0.5, 0.6) is 0 Å². The van der Waals surface area contributed by atoms with E-state index in [1.807, 2.05) is 7.05 Å². The van der Waals surface area contributed by atoms with Crippen LogP contribution in [0.2, 0.25) is 0 Å². The number of hydrogen-bond donors (Lipinski definition) is 1. The van der Waals surface area contributed by atoms with E-state index in [2.05, 4.69) is 27.8 Å². The molecular formula is C11H21N5S. The molecule has 0 fully saturated rings. The van der Waals surface area contributed by atoms with Crippen molar-refractivity contribution in [2.24, 2.45) is 7.05 Å². The maximum atomic E-state index is 5.25. The number of hydrogen-bond acceptors (Lipinski definition) is 4. The normalized spacial score (nSPS) is 10.5. The lowest BCUT2D eigenvalue weighted by Gasteiger charge is -2.06. The number of nitrogens with zero attached hydrogens (tertiary/aromatic N) is 4. The molecular weight excluding hydrogens is 234 g/mol. The van der Waals surface area contributed by atoms with Crippen LogP contribution < -0.4 is 5.32 Å². The standard InChI is InChI=1S/C11H21N5S/c1-3-4-9-12-11(17)8-6-5-7-10-13-14-15-16(10)2/h3-9H2,1-2H3,(H,12,17). The van der Waals surface area contributed by atoms with E-state index < -0.39 is 0 Å². The Morgan fingerprint density at radius 1 is 1.35 bits per heavy atom. The highest BCUT2D eigenvalue weighted by molar-refractivity contribution is 7.80. The van der Waals surface area contributed by atoms with Crippen molar-refractivity contribution in [3.8, 4) is 0 Å². The third-order valence-corrected chi connectivity index (χ3v) is 2.96. The minimum absolute atomic E-state index is 0.918. The maximum Gasteiger partial charge on any atom is 0.150 e. The smallest absolute Gasteiger partial charge is 0.150 e. The Morgan fingerprint density at radius 3 is 2.82 bits per heavy atom. The molecule has 0 saturated heterocycles. The molecule has 1 N–H and O–H groups in total. The topological polar surface area (TPSA) is 55.6 Å². The molecule has 5 nitrogen and oxygen atoms in total. The maximum absolute atomic E-state index is 5.25. The van der Waals surface area contributed by atoms with Crippen molar-refractivity contribution in [2.75, 3.05) is 6.54 Å². The largest absolute Gasteiger partial charge is 0.380 e. The molecule has 1 rings (SSSR count). The minimum atomic E-state index is 0.918. The molecule has 0 aliphatic carbocycles. The van der Waals surface area contributed by atoms with Crippen LogP contribution in [-0.4, -0.2) is 31.7 Å². The van der Waals surface area contributed by atoms with Gasteiger partial charge in [-0.1, -0.05) is 25.6 Å². The number of thiocarbonyl (C=S) groups is 1. The van der Waals surface area contributed by atoms with Crippen LogP contribution in [0, 0.1) is 0 Å². The van der Waals surface area contributed by atoms with E-state index in [0.717, 1.165) is 43.0 Å². The van der Waals surface area contributed by atoms with Crippen molar-refractivity contribution in [2.45, 2.75) is 45.4 Å². The van der Waals surface area contributed by atoms with Gasteiger partial charge in [0.05, 0.1) is 4.99 Å². The Morgan fingerprint density at radius 2 is 2.18 bits per heavy atom. The number of aromatic nitrogens is 4. The van der Waals surface area contributed by atoms with Gasteiger partial charge in [0.15, 0.2) is 5.82 Å². The average Bonchev–Trinajstić information content (AvgIpc) is 2.71. The summed E-state index contributed by atoms with van der Waals surface area (Å²) >= 11 is 5.25. The molecule has 0 saturated carbocycles. The zero-order valence-electron chi connectivity index (χ0n) is 10.6. The molecule has 0 atom stereocenters. The fourth-order valence-corrected chi connectivity index (χ4v) is 1.77. The summed E-state index contributed by atoms with van der Waals surface area (Å²) in [6, 6.07) is 0. The van der Waals surface area contributed by atoms with E-state index in [1.54, 1.807) is 4.68 Å². The van der Waals surface area contributed by atoms with Gasteiger partial charge in [-0.2, -0.15) is 0 Å². The zero-order valence-corrected chi connectivity index (χ0v) is 11.5. The van der Waals surface area contributed by atoms with Gasteiger partial charge in [0.2, 0.25) is 0 Å². The first-order chi connectivity index (χ1) is 8.24. The van der Waals surface area contributed by atoms with E-state index in [1.165, 1.54) is 12.8 Å². The summed E-state index contributed by atoms with van der Waals surface area (Å²) in [5.74, 6) is 0.940. The van der Waals surface area contributed by atoms with Crippen molar-refractivity contribution >= 4 is 17.2 Å². The molecule has 0 aliphatic heterocycles. The van der Waals surface area contributed by atoms with Gasteiger partial charge in [-0.25, -0.2) is 4.68 Å². The second kappa shape index (κ2) is 8.11. The van der Waals surface area contributed by atoms with Crippen LogP contribution in [0.15, 0.2) is 0 Å². The van der Waals surface area contributed by atoms with Crippen LogP contribution in [0.1, 0.15) is 44.9 Å². The van der Waals surface area contributed by atoms with E-state index >= 15 is 0 Å². The Bertz CT molecular complexity index is 336. The van der Waals surface area contributed by atoms with Crippen LogP contribution in [0.25, 0.3) is 0 Å². The highest BCUT2D eigenvalue weighted by atomic mass is 32.1. The highest BCUT2D eigenvalue weighted by Crippen LogP contribution is 2.02. The molecule has 1 aromatic rings. The molecule has 1 heterocycles. The molecule has 0 spiro atoms. The summed E-state index contributed by atoms with van der Waals surface area (Å²) in [6.07, 6.45) is 6.43. The molecule has 1 aromatic heterocycles. The SMILES string of the molecule is CCCCNC(=S)CCCCc1nnnn1C. The van der Waals surface area contributed by atoms with Crippen molar-refractivity contribution in [3.05, 3.63) is 5.82 Å². The lowest BCUT2D eigenvalue weighted by Crippen LogP contribution is -2.22. The first kappa shape index (κ1) is 14.0. The molecule has 0 unspecified atom stereocenters. The second-order valence-electron chi connectivity index (χ2n) is 4.13. The molecule has 0 amide bonds. The van der Waals surface area contributed by atoms with E-state index in [9.17, 15) is 0 Å². The molecule has 0 radical (unpaired) electrons. The van der Waals surface area contributed by atoms with Gasteiger partial charge in [-0.05, 0) is 36.1 Å². The number of tetrazole rings is 1. The van der Waals surface area contributed by atoms with Crippen molar-refractivity contribution < 1.29 is 0 Å². The average molecular weight is 255 g/mol.